The highest BCUT2D eigenvalue weighted by molar-refractivity contribution is 6.39. The summed E-state index contributed by atoms with van der Waals surface area (Å²) in [5, 5.41) is 13.7. The van der Waals surface area contributed by atoms with Crippen LogP contribution in [0.3, 0.4) is 0 Å². The third-order valence-corrected chi connectivity index (χ3v) is 10.8. The second-order valence-corrected chi connectivity index (χ2v) is 14.7. The van der Waals surface area contributed by atoms with Crippen LogP contribution in [0.15, 0.2) is 77.9 Å². The molecule has 0 unspecified atom stereocenters. The predicted molar refractivity (Wildman–Crippen MR) is 205 cm³/mol. The number of pyridine rings is 2. The summed E-state index contributed by atoms with van der Waals surface area (Å²) in [5.41, 5.74) is 6.38. The van der Waals surface area contributed by atoms with Crippen LogP contribution in [-0.4, -0.2) is 57.5 Å². The van der Waals surface area contributed by atoms with E-state index >= 15 is 0 Å². The lowest BCUT2D eigenvalue weighted by Gasteiger charge is -2.16. The van der Waals surface area contributed by atoms with Crippen molar-refractivity contribution in [2.75, 3.05) is 13.1 Å². The van der Waals surface area contributed by atoms with E-state index in [4.69, 9.17) is 32.9 Å². The summed E-state index contributed by atoms with van der Waals surface area (Å²) in [6.07, 6.45) is 8.22. The molecule has 8 rings (SSSR count). The molecule has 1 saturated carbocycles. The molecule has 11 nitrogen and oxygen atoms in total. The monoisotopic (exact) mass is 751 g/mol. The number of carbonyl (C=O) groups excluding carboxylic acids is 2. The second-order valence-electron chi connectivity index (χ2n) is 13.9. The summed E-state index contributed by atoms with van der Waals surface area (Å²) < 4.78 is 7.78. The van der Waals surface area contributed by atoms with Gasteiger partial charge in [-0.3, -0.25) is 18.8 Å². The second kappa shape index (κ2) is 15.3. The highest BCUT2D eigenvalue weighted by atomic mass is 35.5. The Morgan fingerprint density at radius 2 is 1.38 bits per heavy atom. The van der Waals surface area contributed by atoms with Crippen molar-refractivity contribution in [1.82, 2.24) is 35.6 Å². The SMILES string of the molecule is O=C1CC[C@@H](CNCc2ccc(-c3cccc(-c4cccc(-c5ccn6c(=O)c(CNC[C@@H]7CCC(=O)N7)cnc6c5)c4Cl)c3Cl)nc2OC2CC2)N1. The van der Waals surface area contributed by atoms with E-state index in [-0.39, 0.29) is 35.6 Å². The van der Waals surface area contributed by atoms with Crippen LogP contribution in [0.2, 0.25) is 10.0 Å². The molecule has 3 aliphatic rings. The van der Waals surface area contributed by atoms with Crippen molar-refractivity contribution in [2.24, 2.45) is 0 Å². The number of fused-ring (bicyclic) bond motifs is 1. The quantitative estimate of drug-likeness (QED) is 0.121. The van der Waals surface area contributed by atoms with Crippen molar-refractivity contribution in [3.05, 3.63) is 105 Å². The summed E-state index contributed by atoms with van der Waals surface area (Å²) in [6.45, 7) is 2.19. The Morgan fingerprint density at radius 3 is 2.02 bits per heavy atom. The molecule has 2 aliphatic heterocycles. The maximum atomic E-state index is 13.3. The van der Waals surface area contributed by atoms with Gasteiger partial charge in [0.1, 0.15) is 11.8 Å². The van der Waals surface area contributed by atoms with E-state index in [1.54, 1.807) is 12.4 Å². The van der Waals surface area contributed by atoms with Gasteiger partial charge in [0, 0.05) is 96.9 Å². The maximum Gasteiger partial charge on any atom is 0.262 e. The summed E-state index contributed by atoms with van der Waals surface area (Å²) in [6, 6.07) is 19.5. The average Bonchev–Trinajstić information content (AvgIpc) is 3.73. The minimum absolute atomic E-state index is 0.0625. The molecule has 3 fully saturated rings. The van der Waals surface area contributed by atoms with Gasteiger partial charge < -0.3 is 26.0 Å². The number of benzene rings is 2. The maximum absolute atomic E-state index is 13.3. The molecule has 2 amide bonds. The van der Waals surface area contributed by atoms with Gasteiger partial charge >= 0.3 is 0 Å². The molecule has 53 heavy (non-hydrogen) atoms. The Morgan fingerprint density at radius 1 is 0.755 bits per heavy atom. The first-order valence-electron chi connectivity index (χ1n) is 18.1. The first-order chi connectivity index (χ1) is 25.8. The fourth-order valence-electron chi connectivity index (χ4n) is 6.93. The van der Waals surface area contributed by atoms with Gasteiger partial charge in [-0.05, 0) is 49.4 Å². The molecule has 13 heteroatoms. The average molecular weight is 753 g/mol. The van der Waals surface area contributed by atoms with Crippen molar-refractivity contribution in [3.63, 3.8) is 0 Å². The smallest absolute Gasteiger partial charge is 0.262 e. The molecule has 0 radical (unpaired) electrons. The standard InChI is InChI=1S/C40H39Cl2N7O4/c41-37-29(23-15-16-49-34(17-23)45-20-25(40(49)52)19-44-22-27-9-14-36(51)47-27)3-1-4-30(37)31-5-2-6-32(38(31)42)33-12-7-24(39(48-33)53-28-10-11-28)18-43-21-26-8-13-35(50)46-26/h1-7,12,15-17,20,26-28,43-44H,8-11,13-14,18-19,21-22H2,(H,46,50)(H,47,51)/t26-,27-/m0/s1. The Hall–Kier alpha value is -4.81. The minimum atomic E-state index is -0.157. The number of nitrogens with zero attached hydrogens (tertiary/aromatic N) is 3. The van der Waals surface area contributed by atoms with Crippen LogP contribution in [0.1, 0.15) is 49.7 Å². The van der Waals surface area contributed by atoms with E-state index < -0.39 is 0 Å². The number of carbonyl (C=O) groups is 2. The first-order valence-corrected chi connectivity index (χ1v) is 18.8. The van der Waals surface area contributed by atoms with Gasteiger partial charge in [-0.15, -0.1) is 0 Å². The Bertz CT molecular complexity index is 2270. The van der Waals surface area contributed by atoms with E-state index in [2.05, 4.69) is 26.3 Å². The normalized spacial score (nSPS) is 18.4. The van der Waals surface area contributed by atoms with Crippen LogP contribution in [0.5, 0.6) is 5.88 Å². The zero-order valence-corrected chi connectivity index (χ0v) is 30.5. The zero-order chi connectivity index (χ0) is 36.5. The molecule has 272 valence electrons. The summed E-state index contributed by atoms with van der Waals surface area (Å²) in [7, 11) is 0. The predicted octanol–water partition coefficient (Wildman–Crippen LogP) is 5.67. The van der Waals surface area contributed by atoms with Crippen LogP contribution in [-0.2, 0) is 22.7 Å². The molecule has 2 saturated heterocycles. The molecule has 4 N–H and O–H groups in total. The lowest BCUT2D eigenvalue weighted by atomic mass is 9.97. The minimum Gasteiger partial charge on any atom is -0.474 e. The third kappa shape index (κ3) is 7.79. The number of amides is 2. The largest absolute Gasteiger partial charge is 0.474 e. The number of hydrogen-bond donors (Lipinski definition) is 4. The number of hydrogen-bond acceptors (Lipinski definition) is 8. The van der Waals surface area contributed by atoms with Gasteiger partial charge in [0.25, 0.3) is 5.56 Å². The fourth-order valence-corrected chi connectivity index (χ4v) is 7.59. The molecule has 5 aromatic rings. The highest BCUT2D eigenvalue weighted by Gasteiger charge is 2.27. The molecule has 0 spiro atoms. The van der Waals surface area contributed by atoms with Gasteiger partial charge in [-0.2, -0.15) is 0 Å². The molecular formula is C40H39Cl2N7O4. The van der Waals surface area contributed by atoms with E-state index in [1.165, 1.54) is 4.40 Å². The van der Waals surface area contributed by atoms with Crippen LogP contribution < -0.4 is 31.6 Å². The van der Waals surface area contributed by atoms with Crippen molar-refractivity contribution >= 4 is 40.7 Å². The number of halogens is 2. The van der Waals surface area contributed by atoms with Crippen LogP contribution in [0.25, 0.3) is 39.2 Å². The topological polar surface area (TPSA) is 139 Å². The van der Waals surface area contributed by atoms with Gasteiger partial charge in [0.15, 0.2) is 0 Å². The fraction of sp³-hybridized carbons (Fsp3) is 0.325. The Balaban J connectivity index is 1.02. The van der Waals surface area contributed by atoms with Gasteiger partial charge in [0.05, 0.1) is 15.7 Å². The van der Waals surface area contributed by atoms with Crippen LogP contribution >= 0.6 is 23.2 Å². The highest BCUT2D eigenvalue weighted by Crippen LogP contribution is 2.42. The summed E-state index contributed by atoms with van der Waals surface area (Å²) >= 11 is 14.3. The van der Waals surface area contributed by atoms with E-state index in [9.17, 15) is 14.4 Å². The molecule has 2 aromatic carbocycles. The van der Waals surface area contributed by atoms with Crippen molar-refractivity contribution in [1.29, 1.82) is 0 Å². The summed E-state index contributed by atoms with van der Waals surface area (Å²) in [4.78, 5) is 45.9. The third-order valence-electron chi connectivity index (χ3n) is 9.98. The van der Waals surface area contributed by atoms with Crippen LogP contribution in [0.4, 0.5) is 0 Å². The van der Waals surface area contributed by atoms with Crippen molar-refractivity contribution in [2.45, 2.75) is 69.8 Å². The lowest BCUT2D eigenvalue weighted by molar-refractivity contribution is -0.120. The van der Waals surface area contributed by atoms with Crippen molar-refractivity contribution < 1.29 is 14.3 Å². The number of aromatic nitrogens is 3. The van der Waals surface area contributed by atoms with E-state index in [0.29, 0.717) is 71.9 Å². The van der Waals surface area contributed by atoms with Crippen LogP contribution in [0, 0.1) is 0 Å². The van der Waals surface area contributed by atoms with E-state index in [0.717, 1.165) is 59.1 Å². The van der Waals surface area contributed by atoms with Gasteiger partial charge in [-0.1, -0.05) is 65.7 Å². The van der Waals surface area contributed by atoms with Crippen molar-refractivity contribution in [3.8, 4) is 39.4 Å². The number of ether oxygens (including phenoxy) is 1. The number of nitrogens with one attached hydrogen (secondary N) is 4. The first kappa shape index (κ1) is 35.2. The van der Waals surface area contributed by atoms with E-state index in [1.807, 2.05) is 60.7 Å². The molecule has 3 aromatic heterocycles. The molecule has 5 heterocycles. The van der Waals surface area contributed by atoms with Gasteiger partial charge in [0.2, 0.25) is 17.7 Å². The van der Waals surface area contributed by atoms with Gasteiger partial charge in [-0.25, -0.2) is 9.97 Å². The Kier molecular flexibility index (Phi) is 10.2. The summed E-state index contributed by atoms with van der Waals surface area (Å²) in [5.74, 6) is 0.748. The molecule has 0 bridgehead atoms. The molecular weight excluding hydrogens is 713 g/mol. The molecule has 1 aliphatic carbocycles. The lowest BCUT2D eigenvalue weighted by Crippen LogP contribution is -2.36. The number of rotatable bonds is 13. The Labute approximate surface area is 316 Å². The zero-order valence-electron chi connectivity index (χ0n) is 29.0. The molecule has 2 atom stereocenters.